The van der Waals surface area contributed by atoms with Crippen molar-refractivity contribution in [3.8, 4) is 5.75 Å². The molecule has 1 atom stereocenters. The zero-order chi connectivity index (χ0) is 24.1. The molecule has 1 fully saturated rings. The summed E-state index contributed by atoms with van der Waals surface area (Å²) >= 11 is 1.04. The normalized spacial score (nSPS) is 17.0. The second kappa shape index (κ2) is 10.5. The summed E-state index contributed by atoms with van der Waals surface area (Å²) in [6.45, 7) is 0.185. The highest BCUT2D eigenvalue weighted by molar-refractivity contribution is 8.15. The largest absolute Gasteiger partial charge is 0.497 e. The van der Waals surface area contributed by atoms with Crippen molar-refractivity contribution in [3.63, 3.8) is 0 Å². The molecule has 174 valence electrons. The molecular formula is C25H21F2N3O3S. The Labute approximate surface area is 199 Å². The van der Waals surface area contributed by atoms with Crippen molar-refractivity contribution >= 4 is 40.1 Å². The number of aliphatic imine (C=N–C) groups is 1. The van der Waals surface area contributed by atoms with Crippen molar-refractivity contribution in [1.29, 1.82) is 0 Å². The number of rotatable bonds is 6. The summed E-state index contributed by atoms with van der Waals surface area (Å²) < 4.78 is 33.5. The average Bonchev–Trinajstić information content (AvgIpc) is 2.84. The highest BCUT2D eigenvalue weighted by Gasteiger charge is 2.36. The lowest BCUT2D eigenvalue weighted by Crippen LogP contribution is -2.44. The first-order chi connectivity index (χ1) is 16.4. The number of amides is 2. The molecule has 1 heterocycles. The van der Waals surface area contributed by atoms with E-state index in [1.54, 1.807) is 31.4 Å². The zero-order valence-corrected chi connectivity index (χ0v) is 19.0. The van der Waals surface area contributed by atoms with Crippen molar-refractivity contribution in [1.82, 2.24) is 4.90 Å². The number of nitrogens with zero attached hydrogens (tertiary/aromatic N) is 2. The van der Waals surface area contributed by atoms with E-state index < -0.39 is 22.8 Å². The lowest BCUT2D eigenvalue weighted by Gasteiger charge is -2.32. The van der Waals surface area contributed by atoms with Gasteiger partial charge in [-0.1, -0.05) is 48.2 Å². The third-order valence-electron chi connectivity index (χ3n) is 5.13. The van der Waals surface area contributed by atoms with Gasteiger partial charge in [-0.3, -0.25) is 14.5 Å². The number of carbonyl (C=O) groups excluding carboxylic acids is 2. The van der Waals surface area contributed by atoms with Gasteiger partial charge >= 0.3 is 0 Å². The summed E-state index contributed by atoms with van der Waals surface area (Å²) in [5, 5.41) is 1.85. The van der Waals surface area contributed by atoms with Gasteiger partial charge in [-0.05, 0) is 42.0 Å². The fraction of sp³-hybridized carbons (Fsp3) is 0.160. The van der Waals surface area contributed by atoms with Gasteiger partial charge in [0.05, 0.1) is 19.3 Å². The number of nitrogens with one attached hydrogen (secondary N) is 1. The molecule has 2 amide bonds. The molecule has 3 aromatic carbocycles. The first-order valence-corrected chi connectivity index (χ1v) is 11.3. The van der Waals surface area contributed by atoms with Crippen molar-refractivity contribution in [2.45, 2.75) is 18.2 Å². The minimum absolute atomic E-state index is 0.0220. The smallest absolute Gasteiger partial charge is 0.238 e. The second-order valence-electron chi connectivity index (χ2n) is 7.45. The first kappa shape index (κ1) is 23.4. The molecule has 0 aromatic heterocycles. The Hall–Kier alpha value is -3.72. The van der Waals surface area contributed by atoms with E-state index in [-0.39, 0.29) is 35.4 Å². The maximum absolute atomic E-state index is 14.3. The standard InChI is InChI=1S/C25H21F2N3O3S/c1-33-17-12-10-16(11-13-17)15-30-23(31)14-22(24(32)28-20-8-4-2-6-18(20)26)34-25(30)29-21-9-5-3-7-19(21)27/h2-13,22H,14-15H2,1H3,(H,28,32)/t22-/m1/s1. The van der Waals surface area contributed by atoms with Crippen molar-refractivity contribution in [3.05, 3.63) is 90.0 Å². The van der Waals surface area contributed by atoms with E-state index in [1.165, 1.54) is 41.3 Å². The van der Waals surface area contributed by atoms with Crippen LogP contribution in [0.15, 0.2) is 77.8 Å². The van der Waals surface area contributed by atoms with E-state index >= 15 is 0 Å². The number of methoxy groups -OCH3 is 1. The van der Waals surface area contributed by atoms with Gasteiger partial charge in [0.25, 0.3) is 0 Å². The lowest BCUT2D eigenvalue weighted by atomic mass is 10.2. The van der Waals surface area contributed by atoms with Crippen LogP contribution < -0.4 is 10.1 Å². The number of para-hydroxylation sites is 2. The summed E-state index contributed by atoms with van der Waals surface area (Å²) in [6, 6.07) is 18.9. The van der Waals surface area contributed by atoms with Crippen LogP contribution in [0.3, 0.4) is 0 Å². The van der Waals surface area contributed by atoms with Crippen LogP contribution in [0.25, 0.3) is 0 Å². The van der Waals surface area contributed by atoms with Gasteiger partial charge in [0.2, 0.25) is 11.8 Å². The molecule has 1 saturated heterocycles. The van der Waals surface area contributed by atoms with Crippen LogP contribution in [0.1, 0.15) is 12.0 Å². The van der Waals surface area contributed by atoms with E-state index in [1.807, 2.05) is 12.1 Å². The highest BCUT2D eigenvalue weighted by atomic mass is 32.2. The SMILES string of the molecule is COc1ccc(CN2C(=O)C[C@H](C(=O)Nc3ccccc3F)SC2=Nc2ccccc2F)cc1. The number of amidine groups is 1. The van der Waals surface area contributed by atoms with Crippen molar-refractivity contribution < 1.29 is 23.1 Å². The van der Waals surface area contributed by atoms with Gasteiger partial charge in [0, 0.05) is 6.42 Å². The average molecular weight is 482 g/mol. The highest BCUT2D eigenvalue weighted by Crippen LogP contribution is 2.32. The monoisotopic (exact) mass is 481 g/mol. The van der Waals surface area contributed by atoms with Gasteiger partial charge in [0.1, 0.15) is 28.3 Å². The minimum atomic E-state index is -0.857. The first-order valence-electron chi connectivity index (χ1n) is 10.4. The number of anilines is 1. The Kier molecular flexibility index (Phi) is 7.22. The predicted octanol–water partition coefficient (Wildman–Crippen LogP) is 5.13. The maximum Gasteiger partial charge on any atom is 0.238 e. The Morgan fingerprint density at radius 3 is 2.41 bits per heavy atom. The Morgan fingerprint density at radius 2 is 1.74 bits per heavy atom. The van der Waals surface area contributed by atoms with Crippen LogP contribution >= 0.6 is 11.8 Å². The van der Waals surface area contributed by atoms with E-state index in [0.717, 1.165) is 17.3 Å². The molecule has 1 aliphatic heterocycles. The third-order valence-corrected chi connectivity index (χ3v) is 6.32. The number of hydrogen-bond acceptors (Lipinski definition) is 5. The van der Waals surface area contributed by atoms with Crippen LogP contribution in [0.2, 0.25) is 0 Å². The molecule has 0 aliphatic carbocycles. The quantitative estimate of drug-likeness (QED) is 0.530. The van der Waals surface area contributed by atoms with Crippen molar-refractivity contribution in [2.75, 3.05) is 12.4 Å². The van der Waals surface area contributed by atoms with E-state index in [2.05, 4.69) is 10.3 Å². The molecule has 0 spiro atoms. The summed E-state index contributed by atoms with van der Waals surface area (Å²) in [7, 11) is 1.56. The van der Waals surface area contributed by atoms with E-state index in [4.69, 9.17) is 4.74 Å². The van der Waals surface area contributed by atoms with E-state index in [0.29, 0.717) is 5.75 Å². The Bertz CT molecular complexity index is 1230. The number of carbonyl (C=O) groups is 2. The van der Waals surface area contributed by atoms with Gasteiger partial charge in [0.15, 0.2) is 5.17 Å². The van der Waals surface area contributed by atoms with E-state index in [9.17, 15) is 18.4 Å². The summed E-state index contributed by atoms with van der Waals surface area (Å²) in [5.74, 6) is -1.34. The molecule has 34 heavy (non-hydrogen) atoms. The summed E-state index contributed by atoms with van der Waals surface area (Å²) in [6.07, 6.45) is -0.114. The fourth-order valence-electron chi connectivity index (χ4n) is 3.33. The minimum Gasteiger partial charge on any atom is -0.497 e. The van der Waals surface area contributed by atoms with Crippen LogP contribution in [0.4, 0.5) is 20.2 Å². The number of hydrogen-bond donors (Lipinski definition) is 1. The topological polar surface area (TPSA) is 71.0 Å². The molecule has 1 N–H and O–H groups in total. The Balaban J connectivity index is 1.61. The van der Waals surface area contributed by atoms with Gasteiger partial charge < -0.3 is 10.1 Å². The molecule has 1 aliphatic rings. The van der Waals surface area contributed by atoms with Crippen LogP contribution in [0.5, 0.6) is 5.75 Å². The number of thioether (sulfide) groups is 1. The number of benzene rings is 3. The summed E-state index contributed by atoms with van der Waals surface area (Å²) in [5.41, 5.74) is 0.881. The van der Waals surface area contributed by atoms with Crippen LogP contribution in [-0.4, -0.2) is 34.2 Å². The molecule has 9 heteroatoms. The molecule has 0 bridgehead atoms. The van der Waals surface area contributed by atoms with Crippen molar-refractivity contribution in [2.24, 2.45) is 4.99 Å². The number of halogens is 2. The van der Waals surface area contributed by atoms with Gasteiger partial charge in [-0.2, -0.15) is 0 Å². The molecule has 0 unspecified atom stereocenters. The molecule has 6 nitrogen and oxygen atoms in total. The lowest BCUT2D eigenvalue weighted by molar-refractivity contribution is -0.129. The molecular weight excluding hydrogens is 460 g/mol. The van der Waals surface area contributed by atoms with Crippen LogP contribution in [-0.2, 0) is 16.1 Å². The predicted molar refractivity (Wildman–Crippen MR) is 128 cm³/mol. The van der Waals surface area contributed by atoms with Gasteiger partial charge in [-0.25, -0.2) is 13.8 Å². The van der Waals surface area contributed by atoms with Crippen LogP contribution in [0, 0.1) is 11.6 Å². The maximum atomic E-state index is 14.3. The van der Waals surface area contributed by atoms with Gasteiger partial charge in [-0.15, -0.1) is 0 Å². The third kappa shape index (κ3) is 5.43. The second-order valence-corrected chi connectivity index (χ2v) is 8.62. The summed E-state index contributed by atoms with van der Waals surface area (Å²) in [4.78, 5) is 31.7. The fourth-order valence-corrected chi connectivity index (χ4v) is 4.42. The number of ether oxygens (including phenoxy) is 1. The molecule has 0 saturated carbocycles. The molecule has 0 radical (unpaired) electrons. The molecule has 4 rings (SSSR count). The zero-order valence-electron chi connectivity index (χ0n) is 18.2. The molecule has 3 aromatic rings. The Morgan fingerprint density at radius 1 is 1.06 bits per heavy atom.